The molecule has 0 aliphatic carbocycles. The minimum atomic E-state index is 0.725. The topological polar surface area (TPSA) is 34.0 Å². The van der Waals surface area contributed by atoms with Crippen LogP contribution in [0.2, 0.25) is 5.02 Å². The van der Waals surface area contributed by atoms with Crippen LogP contribution >= 0.6 is 11.6 Å². The molecule has 2 aromatic heterocycles. The Hall–Kier alpha value is -2.69. The molecule has 0 amide bonds. The highest BCUT2D eigenvalue weighted by atomic mass is 35.5. The standard InChI is InChI=1S/C23H21ClN4/c1-27-20(12-17-4-2-3-5-22(17)27)14-28-11-10-18-13-25-23(26-21(18)15-28)16-6-8-19(24)9-7-16/h2-9,12-13H,10-11,14-15H2,1H3. The van der Waals surface area contributed by atoms with Crippen molar-refractivity contribution < 1.29 is 0 Å². The van der Waals surface area contributed by atoms with Crippen molar-refractivity contribution in [3.05, 3.63) is 82.8 Å². The fourth-order valence-corrected chi connectivity index (χ4v) is 4.08. The number of para-hydroxylation sites is 1. The van der Waals surface area contributed by atoms with Crippen molar-refractivity contribution in [1.82, 2.24) is 19.4 Å². The Kier molecular flexibility index (Phi) is 4.38. The van der Waals surface area contributed by atoms with Gasteiger partial charge >= 0.3 is 0 Å². The predicted octanol–water partition coefficient (Wildman–Crippen LogP) is 4.85. The Morgan fingerprint density at radius 1 is 1.07 bits per heavy atom. The van der Waals surface area contributed by atoms with Gasteiger partial charge in [0, 0.05) is 54.7 Å². The zero-order chi connectivity index (χ0) is 19.1. The molecule has 1 aliphatic heterocycles. The molecule has 3 heterocycles. The van der Waals surface area contributed by atoms with Gasteiger partial charge in [0.05, 0.1) is 5.69 Å². The summed E-state index contributed by atoms with van der Waals surface area (Å²) in [5, 5.41) is 2.02. The summed E-state index contributed by atoms with van der Waals surface area (Å²) in [7, 11) is 2.15. The normalized spacial score (nSPS) is 14.4. The van der Waals surface area contributed by atoms with Gasteiger partial charge in [-0.3, -0.25) is 4.90 Å². The van der Waals surface area contributed by atoms with Gasteiger partial charge in [-0.15, -0.1) is 0 Å². The van der Waals surface area contributed by atoms with Crippen LogP contribution in [0.25, 0.3) is 22.3 Å². The molecule has 0 fully saturated rings. The molecule has 0 N–H and O–H groups in total. The number of fused-ring (bicyclic) bond motifs is 2. The molecule has 0 saturated heterocycles. The molecule has 1 aliphatic rings. The van der Waals surface area contributed by atoms with E-state index in [2.05, 4.69) is 51.8 Å². The van der Waals surface area contributed by atoms with Gasteiger partial charge in [0.25, 0.3) is 0 Å². The van der Waals surface area contributed by atoms with Crippen LogP contribution in [0.3, 0.4) is 0 Å². The summed E-state index contributed by atoms with van der Waals surface area (Å²) in [6.07, 6.45) is 2.97. The summed E-state index contributed by atoms with van der Waals surface area (Å²) >= 11 is 6.00. The van der Waals surface area contributed by atoms with Crippen LogP contribution in [0.15, 0.2) is 60.8 Å². The van der Waals surface area contributed by atoms with Gasteiger partial charge in [-0.05, 0) is 53.8 Å². The monoisotopic (exact) mass is 388 g/mol. The third-order valence-corrected chi connectivity index (χ3v) is 5.82. The second kappa shape index (κ2) is 7.04. The highest BCUT2D eigenvalue weighted by Gasteiger charge is 2.20. The molecule has 0 saturated carbocycles. The molecule has 28 heavy (non-hydrogen) atoms. The lowest BCUT2D eigenvalue weighted by Gasteiger charge is -2.28. The zero-order valence-electron chi connectivity index (χ0n) is 15.8. The minimum absolute atomic E-state index is 0.725. The van der Waals surface area contributed by atoms with Gasteiger partial charge < -0.3 is 4.57 Å². The van der Waals surface area contributed by atoms with Crippen molar-refractivity contribution in [2.45, 2.75) is 19.5 Å². The number of benzene rings is 2. The summed E-state index contributed by atoms with van der Waals surface area (Å²) in [6.45, 7) is 2.79. The number of aryl methyl sites for hydroxylation is 1. The Bertz CT molecular complexity index is 1150. The number of halogens is 1. The zero-order valence-corrected chi connectivity index (χ0v) is 16.5. The van der Waals surface area contributed by atoms with Crippen LogP contribution in [0.4, 0.5) is 0 Å². The fourth-order valence-electron chi connectivity index (χ4n) is 3.96. The van der Waals surface area contributed by atoms with Gasteiger partial charge in [-0.25, -0.2) is 9.97 Å². The molecule has 4 nitrogen and oxygen atoms in total. The average molecular weight is 389 g/mol. The first-order chi connectivity index (χ1) is 13.7. The lowest BCUT2D eigenvalue weighted by Crippen LogP contribution is -2.31. The van der Waals surface area contributed by atoms with Crippen LogP contribution in [-0.4, -0.2) is 26.0 Å². The lowest BCUT2D eigenvalue weighted by atomic mass is 10.1. The Morgan fingerprint density at radius 2 is 1.89 bits per heavy atom. The molecule has 0 spiro atoms. The maximum Gasteiger partial charge on any atom is 0.159 e. The van der Waals surface area contributed by atoms with E-state index < -0.39 is 0 Å². The van der Waals surface area contributed by atoms with Crippen molar-refractivity contribution in [2.24, 2.45) is 7.05 Å². The van der Waals surface area contributed by atoms with Crippen molar-refractivity contribution in [2.75, 3.05) is 6.54 Å². The Morgan fingerprint density at radius 3 is 2.71 bits per heavy atom. The number of nitrogens with zero attached hydrogens (tertiary/aromatic N) is 4. The molecule has 5 heteroatoms. The fraction of sp³-hybridized carbons (Fsp3) is 0.217. The van der Waals surface area contributed by atoms with E-state index in [9.17, 15) is 0 Å². The maximum atomic E-state index is 6.00. The quantitative estimate of drug-likeness (QED) is 0.503. The van der Waals surface area contributed by atoms with E-state index in [0.717, 1.165) is 48.2 Å². The van der Waals surface area contributed by atoms with Crippen LogP contribution in [-0.2, 0) is 26.6 Å². The minimum Gasteiger partial charge on any atom is -0.346 e. The van der Waals surface area contributed by atoms with Crippen molar-refractivity contribution >= 4 is 22.5 Å². The molecule has 140 valence electrons. The van der Waals surface area contributed by atoms with Crippen LogP contribution in [0, 0.1) is 0 Å². The number of hydrogen-bond acceptors (Lipinski definition) is 3. The smallest absolute Gasteiger partial charge is 0.159 e. The van der Waals surface area contributed by atoms with Gasteiger partial charge in [-0.2, -0.15) is 0 Å². The van der Waals surface area contributed by atoms with E-state index in [1.165, 1.54) is 22.2 Å². The van der Waals surface area contributed by atoms with Gasteiger partial charge in [-0.1, -0.05) is 29.8 Å². The Labute approximate surface area is 169 Å². The largest absolute Gasteiger partial charge is 0.346 e. The first-order valence-corrected chi connectivity index (χ1v) is 9.91. The first kappa shape index (κ1) is 17.4. The van der Waals surface area contributed by atoms with Crippen LogP contribution in [0.5, 0.6) is 0 Å². The lowest BCUT2D eigenvalue weighted by molar-refractivity contribution is 0.236. The molecular weight excluding hydrogens is 368 g/mol. The Balaban J connectivity index is 1.40. The third kappa shape index (κ3) is 3.19. The van der Waals surface area contributed by atoms with E-state index in [1.54, 1.807) is 0 Å². The number of aromatic nitrogens is 3. The molecule has 0 radical (unpaired) electrons. The van der Waals surface area contributed by atoms with Crippen molar-refractivity contribution in [3.63, 3.8) is 0 Å². The summed E-state index contributed by atoms with van der Waals surface area (Å²) in [6, 6.07) is 18.5. The first-order valence-electron chi connectivity index (χ1n) is 9.54. The molecule has 0 atom stereocenters. The third-order valence-electron chi connectivity index (χ3n) is 5.56. The van der Waals surface area contributed by atoms with Gasteiger partial charge in [0.2, 0.25) is 0 Å². The van der Waals surface area contributed by atoms with E-state index in [4.69, 9.17) is 16.6 Å². The van der Waals surface area contributed by atoms with E-state index in [1.807, 2.05) is 30.5 Å². The summed E-state index contributed by atoms with van der Waals surface area (Å²) in [5.74, 6) is 0.766. The molecule has 2 aromatic carbocycles. The summed E-state index contributed by atoms with van der Waals surface area (Å²) in [5.41, 5.74) is 5.99. The van der Waals surface area contributed by atoms with Gasteiger partial charge in [0.15, 0.2) is 5.82 Å². The van der Waals surface area contributed by atoms with E-state index in [0.29, 0.717) is 0 Å². The molecule has 0 unspecified atom stereocenters. The number of rotatable bonds is 3. The highest BCUT2D eigenvalue weighted by Crippen LogP contribution is 2.25. The van der Waals surface area contributed by atoms with Crippen LogP contribution < -0.4 is 0 Å². The predicted molar refractivity (Wildman–Crippen MR) is 113 cm³/mol. The SMILES string of the molecule is Cn1c(CN2CCc3cnc(-c4ccc(Cl)cc4)nc3C2)cc2ccccc21. The molecule has 0 bridgehead atoms. The highest BCUT2D eigenvalue weighted by molar-refractivity contribution is 6.30. The molecule has 5 rings (SSSR count). The van der Waals surface area contributed by atoms with Gasteiger partial charge in [0.1, 0.15) is 0 Å². The maximum absolute atomic E-state index is 6.00. The van der Waals surface area contributed by atoms with E-state index in [-0.39, 0.29) is 0 Å². The second-order valence-corrected chi connectivity index (χ2v) is 7.82. The van der Waals surface area contributed by atoms with E-state index >= 15 is 0 Å². The molecular formula is C23H21ClN4. The van der Waals surface area contributed by atoms with Crippen molar-refractivity contribution in [1.29, 1.82) is 0 Å². The summed E-state index contributed by atoms with van der Waals surface area (Å²) in [4.78, 5) is 11.9. The van der Waals surface area contributed by atoms with Crippen LogP contribution in [0.1, 0.15) is 17.0 Å². The van der Waals surface area contributed by atoms with Crippen molar-refractivity contribution in [3.8, 4) is 11.4 Å². The summed E-state index contributed by atoms with van der Waals surface area (Å²) < 4.78 is 2.30. The average Bonchev–Trinajstić information content (AvgIpc) is 3.04. The molecule has 4 aromatic rings. The second-order valence-electron chi connectivity index (χ2n) is 7.39. The number of hydrogen-bond donors (Lipinski definition) is 0.